The Bertz CT molecular complexity index is 410. The largest absolute Gasteiger partial charge is 0.405 e. The van der Waals surface area contributed by atoms with Crippen molar-refractivity contribution in [3.05, 3.63) is 27.4 Å². The van der Waals surface area contributed by atoms with Crippen molar-refractivity contribution in [2.45, 2.75) is 6.18 Å². The average Bonchev–Trinajstić information content (AvgIpc) is 2.14. The van der Waals surface area contributed by atoms with E-state index in [-0.39, 0.29) is 5.02 Å². The maximum Gasteiger partial charge on any atom is 0.405 e. The molecule has 1 N–H and O–H groups in total. The molecule has 1 heterocycles. The molecule has 0 unspecified atom stereocenters. The number of hydrogen-bond donors (Lipinski definition) is 1. The predicted octanol–water partition coefficient (Wildman–Crippen LogP) is 2.62. The minimum absolute atomic E-state index is 0.0238. The maximum absolute atomic E-state index is 11.9. The molecule has 0 aliphatic carbocycles. The highest BCUT2D eigenvalue weighted by Crippen LogP contribution is 2.26. The van der Waals surface area contributed by atoms with Crippen molar-refractivity contribution in [2.24, 2.45) is 0 Å². The van der Waals surface area contributed by atoms with Crippen LogP contribution in [-0.4, -0.2) is 22.6 Å². The van der Waals surface area contributed by atoms with Crippen LogP contribution < -0.4 is 5.32 Å². The van der Waals surface area contributed by atoms with E-state index in [0.29, 0.717) is 0 Å². The monoisotopic (exact) mass is 255 g/mol. The van der Waals surface area contributed by atoms with Crippen molar-refractivity contribution in [1.82, 2.24) is 4.98 Å². The van der Waals surface area contributed by atoms with Crippen LogP contribution in [0.5, 0.6) is 0 Å². The minimum Gasteiger partial charge on any atom is -0.355 e. The zero-order valence-electron chi connectivity index (χ0n) is 7.58. The first kappa shape index (κ1) is 12.5. The first-order valence-corrected chi connectivity index (χ1v) is 4.28. The van der Waals surface area contributed by atoms with Gasteiger partial charge in [-0.05, 0) is 0 Å². The second-order valence-corrected chi connectivity index (χ2v) is 3.18. The number of nitrogens with one attached hydrogen (secondary N) is 1. The van der Waals surface area contributed by atoms with E-state index >= 15 is 0 Å². The Morgan fingerprint density at radius 3 is 2.69 bits per heavy atom. The number of halogens is 4. The molecule has 5 nitrogen and oxygen atoms in total. The molecular formula is C7H5ClF3N3O2. The summed E-state index contributed by atoms with van der Waals surface area (Å²) in [6.07, 6.45) is -3.46. The van der Waals surface area contributed by atoms with Gasteiger partial charge in [0.15, 0.2) is 0 Å². The molecule has 0 spiro atoms. The molecule has 88 valence electrons. The lowest BCUT2D eigenvalue weighted by Crippen LogP contribution is -2.22. The van der Waals surface area contributed by atoms with Crippen molar-refractivity contribution in [3.63, 3.8) is 0 Å². The molecule has 0 saturated heterocycles. The van der Waals surface area contributed by atoms with E-state index in [1.807, 2.05) is 5.32 Å². The quantitative estimate of drug-likeness (QED) is 0.666. The molecule has 0 saturated carbocycles. The third-order valence-corrected chi connectivity index (χ3v) is 1.69. The summed E-state index contributed by atoms with van der Waals surface area (Å²) < 4.78 is 35.6. The predicted molar refractivity (Wildman–Crippen MR) is 50.4 cm³/mol. The number of alkyl halides is 3. The van der Waals surface area contributed by atoms with Crippen LogP contribution in [0.3, 0.4) is 0 Å². The van der Waals surface area contributed by atoms with Crippen molar-refractivity contribution in [1.29, 1.82) is 0 Å². The summed E-state index contributed by atoms with van der Waals surface area (Å²) in [7, 11) is 0. The highest BCUT2D eigenvalue weighted by atomic mass is 35.5. The molecular weight excluding hydrogens is 251 g/mol. The van der Waals surface area contributed by atoms with E-state index in [4.69, 9.17) is 11.6 Å². The summed E-state index contributed by atoms with van der Waals surface area (Å²) in [4.78, 5) is 13.0. The fourth-order valence-corrected chi connectivity index (χ4v) is 1.04. The zero-order chi connectivity index (χ0) is 12.3. The highest BCUT2D eigenvalue weighted by Gasteiger charge is 2.28. The Morgan fingerprint density at radius 2 is 2.19 bits per heavy atom. The van der Waals surface area contributed by atoms with E-state index in [9.17, 15) is 23.3 Å². The fourth-order valence-electron chi connectivity index (χ4n) is 0.888. The van der Waals surface area contributed by atoms with Gasteiger partial charge in [-0.3, -0.25) is 10.1 Å². The first-order valence-electron chi connectivity index (χ1n) is 3.90. The highest BCUT2D eigenvalue weighted by molar-refractivity contribution is 6.30. The fraction of sp³-hybridized carbons (Fsp3) is 0.286. The van der Waals surface area contributed by atoms with Crippen LogP contribution in [0.2, 0.25) is 5.02 Å². The number of nitrogens with zero attached hydrogens (tertiary/aromatic N) is 2. The normalized spacial score (nSPS) is 11.2. The summed E-state index contributed by atoms with van der Waals surface area (Å²) in [5.41, 5.74) is -0.600. The van der Waals surface area contributed by atoms with Crippen LogP contribution in [0.25, 0.3) is 0 Å². The topological polar surface area (TPSA) is 68.1 Å². The molecule has 0 bridgehead atoms. The van der Waals surface area contributed by atoms with Crippen LogP contribution in [0.15, 0.2) is 12.3 Å². The Morgan fingerprint density at radius 1 is 1.56 bits per heavy atom. The summed E-state index contributed by atoms with van der Waals surface area (Å²) >= 11 is 5.43. The van der Waals surface area contributed by atoms with Gasteiger partial charge in [0.2, 0.25) is 5.82 Å². The van der Waals surface area contributed by atoms with Crippen LogP contribution in [0.4, 0.5) is 24.7 Å². The molecule has 0 aliphatic heterocycles. The van der Waals surface area contributed by atoms with E-state index in [1.165, 1.54) is 0 Å². The molecule has 0 radical (unpaired) electrons. The second kappa shape index (κ2) is 4.52. The van der Waals surface area contributed by atoms with Gasteiger partial charge < -0.3 is 5.32 Å². The number of nitro groups is 1. The van der Waals surface area contributed by atoms with Gasteiger partial charge in [0.05, 0.1) is 9.95 Å². The number of anilines is 1. The van der Waals surface area contributed by atoms with Gasteiger partial charge in [0.1, 0.15) is 6.54 Å². The smallest absolute Gasteiger partial charge is 0.355 e. The lowest BCUT2D eigenvalue weighted by atomic mass is 10.4. The molecule has 1 aromatic heterocycles. The van der Waals surface area contributed by atoms with Gasteiger partial charge in [0.25, 0.3) is 0 Å². The molecule has 0 atom stereocenters. The van der Waals surface area contributed by atoms with Gasteiger partial charge in [-0.25, -0.2) is 4.98 Å². The van der Waals surface area contributed by atoms with Gasteiger partial charge in [0, 0.05) is 12.3 Å². The standard InChI is InChI=1S/C7H5ClF3N3O2/c8-4-1-5(14(15)16)6(12-2-4)13-3-7(9,10)11/h1-2H,3H2,(H,12,13). The average molecular weight is 256 g/mol. The van der Waals surface area contributed by atoms with Crippen LogP contribution in [-0.2, 0) is 0 Å². The molecule has 0 amide bonds. The van der Waals surface area contributed by atoms with Crippen molar-refractivity contribution >= 4 is 23.1 Å². The van der Waals surface area contributed by atoms with Crippen molar-refractivity contribution < 1.29 is 18.1 Å². The van der Waals surface area contributed by atoms with Crippen LogP contribution >= 0.6 is 11.6 Å². The molecule has 1 rings (SSSR count). The minimum atomic E-state index is -4.48. The lowest BCUT2D eigenvalue weighted by molar-refractivity contribution is -0.384. The lowest BCUT2D eigenvalue weighted by Gasteiger charge is -2.08. The first-order chi connectivity index (χ1) is 7.29. The molecule has 16 heavy (non-hydrogen) atoms. The van der Waals surface area contributed by atoms with E-state index < -0.39 is 29.1 Å². The van der Waals surface area contributed by atoms with Crippen molar-refractivity contribution in [2.75, 3.05) is 11.9 Å². The van der Waals surface area contributed by atoms with Crippen LogP contribution in [0.1, 0.15) is 0 Å². The Kier molecular flexibility index (Phi) is 3.53. The van der Waals surface area contributed by atoms with Gasteiger partial charge in [-0.15, -0.1) is 0 Å². The Hall–Kier alpha value is -1.57. The number of aromatic nitrogens is 1. The van der Waals surface area contributed by atoms with E-state index in [2.05, 4.69) is 4.98 Å². The van der Waals surface area contributed by atoms with Gasteiger partial charge in [-0.1, -0.05) is 11.6 Å². The Balaban J connectivity index is 2.91. The third kappa shape index (κ3) is 3.54. The second-order valence-electron chi connectivity index (χ2n) is 2.75. The van der Waals surface area contributed by atoms with E-state index in [1.54, 1.807) is 0 Å². The summed E-state index contributed by atoms with van der Waals surface area (Å²) in [6, 6.07) is 0.924. The summed E-state index contributed by atoms with van der Waals surface area (Å²) in [5.74, 6) is -0.466. The number of rotatable bonds is 3. The molecule has 9 heteroatoms. The molecule has 0 fully saturated rings. The number of hydrogen-bond acceptors (Lipinski definition) is 4. The van der Waals surface area contributed by atoms with Gasteiger partial charge >= 0.3 is 11.9 Å². The Labute approximate surface area is 92.4 Å². The summed E-state index contributed by atoms with van der Waals surface area (Å²) in [5, 5.41) is 12.3. The zero-order valence-corrected chi connectivity index (χ0v) is 8.34. The maximum atomic E-state index is 11.9. The number of pyridine rings is 1. The molecule has 0 aromatic carbocycles. The van der Waals surface area contributed by atoms with Crippen molar-refractivity contribution in [3.8, 4) is 0 Å². The summed E-state index contributed by atoms with van der Waals surface area (Å²) in [6.45, 7) is -1.40. The molecule has 0 aliphatic rings. The third-order valence-electron chi connectivity index (χ3n) is 1.49. The molecule has 1 aromatic rings. The van der Waals surface area contributed by atoms with E-state index in [0.717, 1.165) is 12.3 Å². The van der Waals surface area contributed by atoms with Crippen LogP contribution in [0, 0.1) is 10.1 Å². The van der Waals surface area contributed by atoms with Gasteiger partial charge in [-0.2, -0.15) is 13.2 Å². The SMILES string of the molecule is O=[N+]([O-])c1cc(Cl)cnc1NCC(F)(F)F.